The van der Waals surface area contributed by atoms with E-state index >= 15 is 0 Å². The highest BCUT2D eigenvalue weighted by molar-refractivity contribution is 5.82. The average molecular weight is 515 g/mol. The predicted octanol–water partition coefficient (Wildman–Crippen LogP) is 4.10. The highest BCUT2D eigenvalue weighted by atomic mass is 16.5. The predicted molar refractivity (Wildman–Crippen MR) is 138 cm³/mol. The van der Waals surface area contributed by atoms with Crippen LogP contribution in [-0.4, -0.2) is 70.0 Å². The van der Waals surface area contributed by atoms with Crippen LogP contribution >= 0.6 is 0 Å². The molecule has 0 spiro atoms. The first kappa shape index (κ1) is 32.5. The third-order valence-corrected chi connectivity index (χ3v) is 7.79. The maximum absolute atomic E-state index is 12.1. The minimum atomic E-state index is -0.751. The Morgan fingerprint density at radius 3 is 2.25 bits per heavy atom. The minimum Gasteiger partial charge on any atom is -0.481 e. The van der Waals surface area contributed by atoms with E-state index in [1.807, 2.05) is 27.7 Å². The van der Waals surface area contributed by atoms with E-state index in [2.05, 4.69) is 0 Å². The van der Waals surface area contributed by atoms with Crippen molar-refractivity contribution < 1.29 is 39.5 Å². The molecule has 1 aliphatic heterocycles. The van der Waals surface area contributed by atoms with Crippen LogP contribution < -0.4 is 0 Å². The fraction of sp³-hybridized carbons (Fsp3) is 0.857. The summed E-state index contributed by atoms with van der Waals surface area (Å²) in [4.78, 5) is 22.6. The van der Waals surface area contributed by atoms with Crippen molar-refractivity contribution in [2.24, 2.45) is 23.7 Å². The van der Waals surface area contributed by atoms with Crippen molar-refractivity contribution in [3.05, 3.63) is 11.6 Å². The van der Waals surface area contributed by atoms with Crippen LogP contribution in [-0.2, 0) is 19.1 Å². The summed E-state index contributed by atoms with van der Waals surface area (Å²) in [5, 5.41) is 39.9. The Kier molecular flexibility index (Phi) is 15.5. The van der Waals surface area contributed by atoms with Gasteiger partial charge in [0.1, 0.15) is 0 Å². The van der Waals surface area contributed by atoms with Crippen molar-refractivity contribution in [2.75, 3.05) is 13.2 Å². The number of carboxylic acids is 1. The maximum Gasteiger partial charge on any atom is 0.330 e. The van der Waals surface area contributed by atoms with Crippen molar-refractivity contribution >= 4 is 11.9 Å². The lowest BCUT2D eigenvalue weighted by molar-refractivity contribution is -0.138. The van der Waals surface area contributed by atoms with E-state index in [1.165, 1.54) is 6.08 Å². The van der Waals surface area contributed by atoms with E-state index < -0.39 is 24.3 Å². The molecule has 0 aromatic rings. The lowest BCUT2D eigenvalue weighted by Crippen LogP contribution is -2.46. The Bertz CT molecular complexity index is 676. The van der Waals surface area contributed by atoms with Gasteiger partial charge < -0.3 is 29.9 Å². The van der Waals surface area contributed by atoms with Crippen LogP contribution in [0.1, 0.15) is 92.4 Å². The number of aliphatic carboxylic acids is 1. The molecule has 0 aromatic carbocycles. The molecule has 1 heterocycles. The van der Waals surface area contributed by atoms with Gasteiger partial charge in [-0.2, -0.15) is 0 Å². The summed E-state index contributed by atoms with van der Waals surface area (Å²) in [6.07, 6.45) is 6.03. The normalized spacial score (nSPS) is 26.2. The van der Waals surface area contributed by atoms with Crippen molar-refractivity contribution in [2.45, 2.75) is 117 Å². The summed E-state index contributed by atoms with van der Waals surface area (Å²) in [5.74, 6) is -1.59. The molecule has 1 fully saturated rings. The summed E-state index contributed by atoms with van der Waals surface area (Å²) in [7, 11) is 0. The molecular formula is C28H50O8. The number of esters is 1. The van der Waals surface area contributed by atoms with Gasteiger partial charge in [-0.05, 0) is 51.4 Å². The first-order chi connectivity index (χ1) is 16.9. The van der Waals surface area contributed by atoms with Gasteiger partial charge in [0, 0.05) is 24.3 Å². The molecule has 0 unspecified atom stereocenters. The van der Waals surface area contributed by atoms with Gasteiger partial charge in [-0.15, -0.1) is 0 Å². The lowest BCUT2D eigenvalue weighted by atomic mass is 9.77. The fourth-order valence-electron chi connectivity index (χ4n) is 4.79. The van der Waals surface area contributed by atoms with Crippen molar-refractivity contribution in [1.29, 1.82) is 0 Å². The molecule has 8 heteroatoms. The Morgan fingerprint density at radius 2 is 1.64 bits per heavy atom. The van der Waals surface area contributed by atoms with Crippen molar-refractivity contribution in [3.8, 4) is 0 Å². The number of unbranched alkanes of at least 4 members (excludes halogenated alkanes) is 5. The van der Waals surface area contributed by atoms with Gasteiger partial charge in [-0.3, -0.25) is 4.79 Å². The first-order valence-electron chi connectivity index (χ1n) is 13.7. The standard InChI is InChI=1S/C28H50O8/c1-18(15-27(33)35-13-11-9-7-6-8-10-12-26(31)32)14-25-21(4)28(34)23(17-36-25)16-24(30)20(3)19(2)22(5)29/h15,19-25,28-30,34H,6-14,16-17H2,1-5H3,(H,31,32)/t19-,20+,21+,22+,23+,24+,25+,28+/m1/s1. The van der Waals surface area contributed by atoms with Crippen molar-refractivity contribution in [1.82, 2.24) is 0 Å². The van der Waals surface area contributed by atoms with E-state index in [0.717, 1.165) is 37.7 Å². The third kappa shape index (κ3) is 12.2. The number of hydrogen-bond acceptors (Lipinski definition) is 7. The number of hydrogen-bond donors (Lipinski definition) is 4. The lowest BCUT2D eigenvalue weighted by Gasteiger charge is -2.40. The molecule has 0 radical (unpaired) electrons. The smallest absolute Gasteiger partial charge is 0.330 e. The second-order valence-corrected chi connectivity index (χ2v) is 10.9. The van der Waals surface area contributed by atoms with Gasteiger partial charge in [-0.25, -0.2) is 4.79 Å². The Labute approximate surface area is 217 Å². The molecular weight excluding hydrogens is 464 g/mol. The minimum absolute atomic E-state index is 0.0465. The molecule has 0 aliphatic carbocycles. The van der Waals surface area contributed by atoms with Crippen LogP contribution in [0.25, 0.3) is 0 Å². The largest absolute Gasteiger partial charge is 0.481 e. The quantitative estimate of drug-likeness (QED) is 0.130. The van der Waals surface area contributed by atoms with E-state index in [9.17, 15) is 24.9 Å². The molecule has 1 aliphatic rings. The second kappa shape index (κ2) is 17.1. The zero-order valence-corrected chi connectivity index (χ0v) is 22.9. The van der Waals surface area contributed by atoms with Gasteiger partial charge in [0.2, 0.25) is 0 Å². The maximum atomic E-state index is 12.1. The van der Waals surface area contributed by atoms with Crippen LogP contribution in [0.2, 0.25) is 0 Å². The third-order valence-electron chi connectivity index (χ3n) is 7.79. The molecule has 0 saturated carbocycles. The molecule has 8 nitrogen and oxygen atoms in total. The van der Waals surface area contributed by atoms with Gasteiger partial charge in [-0.1, -0.05) is 52.0 Å². The molecule has 0 aromatic heterocycles. The highest BCUT2D eigenvalue weighted by Gasteiger charge is 2.38. The summed E-state index contributed by atoms with van der Waals surface area (Å²) >= 11 is 0. The number of ether oxygens (including phenoxy) is 2. The molecule has 1 rings (SSSR count). The van der Waals surface area contributed by atoms with E-state index in [1.54, 1.807) is 6.92 Å². The Morgan fingerprint density at radius 1 is 1.03 bits per heavy atom. The molecule has 4 N–H and O–H groups in total. The SMILES string of the molecule is CC(=CC(=O)OCCCCCCCCC(=O)O)C[C@@H]1OC[C@H](C[C@H](O)[C@@H](C)[C@@H](C)[C@H](C)O)[C@@H](O)[C@H]1C. The zero-order valence-electron chi connectivity index (χ0n) is 22.9. The van der Waals surface area contributed by atoms with Gasteiger partial charge in [0.25, 0.3) is 0 Å². The van der Waals surface area contributed by atoms with Crippen LogP contribution in [0.15, 0.2) is 11.6 Å². The van der Waals surface area contributed by atoms with Crippen LogP contribution in [0.5, 0.6) is 0 Å². The molecule has 36 heavy (non-hydrogen) atoms. The first-order valence-corrected chi connectivity index (χ1v) is 13.7. The second-order valence-electron chi connectivity index (χ2n) is 10.9. The topological polar surface area (TPSA) is 134 Å². The average Bonchev–Trinajstić information content (AvgIpc) is 2.81. The monoisotopic (exact) mass is 514 g/mol. The van der Waals surface area contributed by atoms with Gasteiger partial charge in [0.15, 0.2) is 0 Å². The van der Waals surface area contributed by atoms with Gasteiger partial charge in [0.05, 0.1) is 37.6 Å². The molecule has 0 amide bonds. The number of rotatable bonds is 17. The van der Waals surface area contributed by atoms with Crippen LogP contribution in [0.4, 0.5) is 0 Å². The fourth-order valence-corrected chi connectivity index (χ4v) is 4.79. The summed E-state index contributed by atoms with van der Waals surface area (Å²) in [5.41, 5.74) is 0.834. The van der Waals surface area contributed by atoms with Crippen molar-refractivity contribution in [3.63, 3.8) is 0 Å². The Hall–Kier alpha value is -1.48. The summed E-state index contributed by atoms with van der Waals surface area (Å²) in [6, 6.07) is 0. The van der Waals surface area contributed by atoms with Crippen LogP contribution in [0.3, 0.4) is 0 Å². The summed E-state index contributed by atoms with van der Waals surface area (Å²) in [6.45, 7) is 10.1. The van der Waals surface area contributed by atoms with E-state index in [0.29, 0.717) is 32.5 Å². The van der Waals surface area contributed by atoms with E-state index in [-0.39, 0.29) is 42.2 Å². The number of carbonyl (C=O) groups is 2. The number of carboxylic acid groups (broad SMARTS) is 1. The zero-order chi connectivity index (χ0) is 27.3. The molecule has 1 saturated heterocycles. The molecule has 8 atom stereocenters. The molecule has 210 valence electrons. The Balaban J connectivity index is 2.34. The summed E-state index contributed by atoms with van der Waals surface area (Å²) < 4.78 is 11.3. The molecule has 0 bridgehead atoms. The highest BCUT2D eigenvalue weighted by Crippen LogP contribution is 2.33. The number of aliphatic hydroxyl groups excluding tert-OH is 3. The van der Waals surface area contributed by atoms with E-state index in [4.69, 9.17) is 14.6 Å². The number of aliphatic hydroxyl groups is 3. The number of carbonyl (C=O) groups excluding carboxylic acids is 1. The van der Waals surface area contributed by atoms with Crippen LogP contribution in [0, 0.1) is 23.7 Å². The van der Waals surface area contributed by atoms with Gasteiger partial charge >= 0.3 is 11.9 Å².